The smallest absolute Gasteiger partial charge is 0.313 e. The maximum atomic E-state index is 13.1. The van der Waals surface area contributed by atoms with E-state index in [-0.39, 0.29) is 12.2 Å². The van der Waals surface area contributed by atoms with Gasteiger partial charge >= 0.3 is 11.8 Å². The summed E-state index contributed by atoms with van der Waals surface area (Å²) < 4.78 is 13.1. The minimum absolute atomic E-state index is 0.0161. The van der Waals surface area contributed by atoms with Crippen LogP contribution in [0.4, 0.5) is 10.1 Å². The molecule has 1 atom stereocenters. The van der Waals surface area contributed by atoms with E-state index < -0.39 is 23.7 Å². The van der Waals surface area contributed by atoms with Gasteiger partial charge in [0.2, 0.25) is 0 Å². The van der Waals surface area contributed by atoms with Gasteiger partial charge in [0.15, 0.2) is 0 Å². The van der Waals surface area contributed by atoms with Gasteiger partial charge in [0.05, 0.1) is 6.10 Å². The second-order valence-corrected chi connectivity index (χ2v) is 4.57. The number of anilines is 1. The molecule has 0 saturated carbocycles. The van der Waals surface area contributed by atoms with Crippen molar-refractivity contribution in [1.29, 1.82) is 0 Å². The molecule has 0 aromatic heterocycles. The first-order chi connectivity index (χ1) is 9.43. The topological polar surface area (TPSA) is 78.4 Å². The Kier molecular flexibility index (Phi) is 6.11. The van der Waals surface area contributed by atoms with Gasteiger partial charge in [-0.25, -0.2) is 4.39 Å². The third kappa shape index (κ3) is 4.97. The first kappa shape index (κ1) is 16.1. The Morgan fingerprint density at radius 2 is 2.05 bits per heavy atom. The Balaban J connectivity index is 2.53. The lowest BCUT2D eigenvalue weighted by atomic mass is 10.2. The molecule has 3 N–H and O–H groups in total. The highest BCUT2D eigenvalue weighted by Crippen LogP contribution is 2.15. The fourth-order valence-corrected chi connectivity index (χ4v) is 1.63. The van der Waals surface area contributed by atoms with E-state index in [1.165, 1.54) is 12.1 Å². The van der Waals surface area contributed by atoms with Crippen molar-refractivity contribution in [2.45, 2.75) is 32.8 Å². The van der Waals surface area contributed by atoms with E-state index in [0.717, 1.165) is 12.5 Å². The van der Waals surface area contributed by atoms with Crippen LogP contribution in [0.5, 0.6) is 0 Å². The van der Waals surface area contributed by atoms with Crippen LogP contribution in [0.15, 0.2) is 18.2 Å². The normalized spacial score (nSPS) is 11.8. The molecule has 0 spiro atoms. The number of aryl methyl sites for hydroxylation is 1. The highest BCUT2D eigenvalue weighted by Gasteiger charge is 2.16. The van der Waals surface area contributed by atoms with Crippen molar-refractivity contribution in [1.82, 2.24) is 5.32 Å². The van der Waals surface area contributed by atoms with Crippen molar-refractivity contribution in [2.75, 3.05) is 11.9 Å². The number of aliphatic hydroxyl groups excluding tert-OH is 1. The minimum Gasteiger partial charge on any atom is -0.391 e. The monoisotopic (exact) mass is 282 g/mol. The van der Waals surface area contributed by atoms with E-state index in [2.05, 4.69) is 10.6 Å². The van der Waals surface area contributed by atoms with Crippen molar-refractivity contribution in [3.63, 3.8) is 0 Å². The van der Waals surface area contributed by atoms with Crippen LogP contribution in [0.3, 0.4) is 0 Å². The number of hydrogen-bond acceptors (Lipinski definition) is 3. The number of hydrogen-bond donors (Lipinski definition) is 3. The van der Waals surface area contributed by atoms with E-state index in [4.69, 9.17) is 0 Å². The minimum atomic E-state index is -0.887. The highest BCUT2D eigenvalue weighted by atomic mass is 19.1. The van der Waals surface area contributed by atoms with Gasteiger partial charge in [-0.3, -0.25) is 9.59 Å². The summed E-state index contributed by atoms with van der Waals surface area (Å²) in [5.41, 5.74) is 0.901. The second-order valence-electron chi connectivity index (χ2n) is 4.57. The van der Waals surface area contributed by atoms with Gasteiger partial charge in [0, 0.05) is 12.2 Å². The lowest BCUT2D eigenvalue weighted by Gasteiger charge is -2.11. The zero-order valence-electron chi connectivity index (χ0n) is 11.6. The predicted octanol–water partition coefficient (Wildman–Crippen LogP) is 1.35. The van der Waals surface area contributed by atoms with E-state index in [1.54, 1.807) is 6.92 Å². The van der Waals surface area contributed by atoms with Crippen molar-refractivity contribution in [3.8, 4) is 0 Å². The van der Waals surface area contributed by atoms with Crippen molar-refractivity contribution in [2.24, 2.45) is 0 Å². The summed E-state index contributed by atoms with van der Waals surface area (Å²) in [6.07, 6.45) is 0.657. The number of nitrogens with one attached hydrogen (secondary N) is 2. The summed E-state index contributed by atoms with van der Waals surface area (Å²) >= 11 is 0. The Morgan fingerprint density at radius 3 is 2.70 bits per heavy atom. The third-order valence-electron chi connectivity index (χ3n) is 2.77. The Morgan fingerprint density at radius 1 is 1.35 bits per heavy atom. The van der Waals surface area contributed by atoms with Crippen LogP contribution < -0.4 is 10.6 Å². The Bertz CT molecular complexity index is 491. The molecule has 0 bridgehead atoms. The standard InChI is InChI=1S/C14H19FN2O3/c1-3-4-11(18)8-16-13(19)14(20)17-12-7-10(15)6-5-9(12)2/h5-7,11,18H,3-4,8H2,1-2H3,(H,16,19)(H,17,20). The van der Waals surface area contributed by atoms with Crippen molar-refractivity contribution >= 4 is 17.5 Å². The summed E-state index contributed by atoms with van der Waals surface area (Å²) in [4.78, 5) is 23.1. The molecule has 0 saturated heterocycles. The van der Waals surface area contributed by atoms with Crippen LogP contribution in [0.2, 0.25) is 0 Å². The molecule has 1 aromatic rings. The average molecular weight is 282 g/mol. The molecule has 0 fully saturated rings. The van der Waals surface area contributed by atoms with E-state index in [9.17, 15) is 19.1 Å². The van der Waals surface area contributed by atoms with Gasteiger partial charge in [-0.1, -0.05) is 19.4 Å². The largest absolute Gasteiger partial charge is 0.391 e. The molecule has 0 heterocycles. The van der Waals surface area contributed by atoms with Gasteiger partial charge in [-0.2, -0.15) is 0 Å². The van der Waals surface area contributed by atoms with Gasteiger partial charge in [0.25, 0.3) is 0 Å². The van der Waals surface area contributed by atoms with Crippen molar-refractivity contribution < 1.29 is 19.1 Å². The van der Waals surface area contributed by atoms with Crippen LogP contribution in [-0.4, -0.2) is 29.6 Å². The SMILES string of the molecule is CCCC(O)CNC(=O)C(=O)Nc1cc(F)ccc1C. The molecule has 6 heteroatoms. The molecule has 0 aliphatic heterocycles. The molecule has 2 amide bonds. The van der Waals surface area contributed by atoms with Gasteiger partial charge < -0.3 is 15.7 Å². The maximum Gasteiger partial charge on any atom is 0.313 e. The maximum absolute atomic E-state index is 13.1. The number of amides is 2. The number of carbonyl (C=O) groups is 2. The number of benzene rings is 1. The summed E-state index contributed by atoms with van der Waals surface area (Å²) in [5, 5.41) is 14.1. The molecule has 20 heavy (non-hydrogen) atoms. The zero-order valence-corrected chi connectivity index (χ0v) is 11.6. The van der Waals surface area contributed by atoms with Gasteiger partial charge in [-0.05, 0) is 31.0 Å². The zero-order chi connectivity index (χ0) is 15.1. The van der Waals surface area contributed by atoms with Crippen molar-refractivity contribution in [3.05, 3.63) is 29.6 Å². The lowest BCUT2D eigenvalue weighted by Crippen LogP contribution is -2.39. The molecule has 1 unspecified atom stereocenters. The quantitative estimate of drug-likeness (QED) is 0.713. The summed E-state index contributed by atoms with van der Waals surface area (Å²) in [6.45, 7) is 3.62. The molecule has 5 nitrogen and oxygen atoms in total. The second kappa shape index (κ2) is 7.59. The van der Waals surface area contributed by atoms with Crippen LogP contribution in [0.25, 0.3) is 0 Å². The predicted molar refractivity (Wildman–Crippen MR) is 73.7 cm³/mol. The molecule has 1 aromatic carbocycles. The Hall–Kier alpha value is -1.95. The van der Waals surface area contributed by atoms with E-state index >= 15 is 0 Å². The fourth-order valence-electron chi connectivity index (χ4n) is 1.63. The molecule has 1 rings (SSSR count). The Labute approximate surface area is 117 Å². The van der Waals surface area contributed by atoms with E-state index in [1.807, 2.05) is 6.92 Å². The number of aliphatic hydroxyl groups is 1. The highest BCUT2D eigenvalue weighted by molar-refractivity contribution is 6.39. The summed E-state index contributed by atoms with van der Waals surface area (Å²) in [7, 11) is 0. The molecule has 0 radical (unpaired) electrons. The molecule has 0 aliphatic carbocycles. The van der Waals surface area contributed by atoms with Crippen LogP contribution >= 0.6 is 0 Å². The number of rotatable bonds is 5. The number of halogens is 1. The van der Waals surface area contributed by atoms with Crippen LogP contribution in [-0.2, 0) is 9.59 Å². The molecular weight excluding hydrogens is 263 g/mol. The number of carbonyl (C=O) groups excluding carboxylic acids is 2. The summed E-state index contributed by atoms with van der Waals surface area (Å²) in [6, 6.07) is 3.92. The summed E-state index contributed by atoms with van der Waals surface area (Å²) in [5.74, 6) is -2.24. The first-order valence-corrected chi connectivity index (χ1v) is 6.47. The van der Waals surface area contributed by atoms with Crippen LogP contribution in [0, 0.1) is 12.7 Å². The first-order valence-electron chi connectivity index (χ1n) is 6.47. The third-order valence-corrected chi connectivity index (χ3v) is 2.77. The van der Waals surface area contributed by atoms with E-state index in [0.29, 0.717) is 12.0 Å². The fraction of sp³-hybridized carbons (Fsp3) is 0.429. The molecule has 0 aliphatic rings. The van der Waals surface area contributed by atoms with Crippen LogP contribution in [0.1, 0.15) is 25.3 Å². The van der Waals surface area contributed by atoms with Gasteiger partial charge in [0.1, 0.15) is 5.82 Å². The average Bonchev–Trinajstić information content (AvgIpc) is 2.40. The molecule has 110 valence electrons. The van der Waals surface area contributed by atoms with Gasteiger partial charge in [-0.15, -0.1) is 0 Å². The lowest BCUT2D eigenvalue weighted by molar-refractivity contribution is -0.136. The molecular formula is C14H19FN2O3.